The van der Waals surface area contributed by atoms with Gasteiger partial charge in [-0.1, -0.05) is 23.1 Å². The van der Waals surface area contributed by atoms with E-state index in [1.807, 2.05) is 0 Å². The Bertz CT molecular complexity index is 598. The fraction of sp³-hybridized carbons (Fsp3) is 0.167. The summed E-state index contributed by atoms with van der Waals surface area (Å²) < 4.78 is 0.747. The van der Waals surface area contributed by atoms with Gasteiger partial charge in [-0.05, 0) is 31.2 Å². The van der Waals surface area contributed by atoms with Crippen molar-refractivity contribution in [2.75, 3.05) is 5.32 Å². The molecule has 0 radical (unpaired) electrons. The number of nitrogens with two attached hydrogens (primary N) is 1. The second-order valence-corrected chi connectivity index (χ2v) is 6.32. The van der Waals surface area contributed by atoms with E-state index in [0.29, 0.717) is 11.3 Å². The Labute approximate surface area is 123 Å². The maximum absolute atomic E-state index is 12.0. The van der Waals surface area contributed by atoms with Crippen LogP contribution in [0.2, 0.25) is 0 Å². The molecule has 104 valence electrons. The normalized spacial score (nSPS) is 11.8. The molecule has 20 heavy (non-hydrogen) atoms. The van der Waals surface area contributed by atoms with Crippen LogP contribution in [-0.4, -0.2) is 27.3 Å². The maximum Gasteiger partial charge on any atom is 0.248 e. The molecule has 6 nitrogen and oxygen atoms in total. The van der Waals surface area contributed by atoms with Gasteiger partial charge in [0.1, 0.15) is 5.51 Å². The molecule has 0 spiro atoms. The van der Waals surface area contributed by atoms with Gasteiger partial charge in [0.05, 0.1) is 5.25 Å². The lowest BCUT2D eigenvalue weighted by Crippen LogP contribution is -2.22. The molecule has 3 N–H and O–H groups in total. The van der Waals surface area contributed by atoms with Crippen molar-refractivity contribution in [3.63, 3.8) is 0 Å². The summed E-state index contributed by atoms with van der Waals surface area (Å²) in [6.45, 7) is 1.79. The summed E-state index contributed by atoms with van der Waals surface area (Å²) in [5.74, 6) is -0.639. The van der Waals surface area contributed by atoms with Crippen LogP contribution < -0.4 is 11.1 Å². The third-order valence-corrected chi connectivity index (χ3v) is 4.34. The largest absolute Gasteiger partial charge is 0.366 e. The number of primary amides is 1. The molecule has 1 aromatic heterocycles. The number of nitrogens with zero attached hydrogens (tertiary/aromatic N) is 2. The molecule has 2 amide bonds. The van der Waals surface area contributed by atoms with Gasteiger partial charge in [-0.25, -0.2) is 0 Å². The highest BCUT2D eigenvalue weighted by molar-refractivity contribution is 8.02. The van der Waals surface area contributed by atoms with Crippen molar-refractivity contribution in [1.82, 2.24) is 10.2 Å². The summed E-state index contributed by atoms with van der Waals surface area (Å²) in [5, 5.41) is 10.1. The van der Waals surface area contributed by atoms with Crippen LogP contribution in [0, 0.1) is 0 Å². The molecule has 0 saturated carbocycles. The van der Waals surface area contributed by atoms with Gasteiger partial charge in [0.2, 0.25) is 11.8 Å². The average Bonchev–Trinajstić information content (AvgIpc) is 2.92. The zero-order chi connectivity index (χ0) is 14.5. The molecule has 1 aromatic carbocycles. The van der Waals surface area contributed by atoms with Crippen molar-refractivity contribution in [2.24, 2.45) is 5.73 Å². The smallest absolute Gasteiger partial charge is 0.248 e. The predicted octanol–water partition coefficient (Wildman–Crippen LogP) is 1.76. The van der Waals surface area contributed by atoms with Gasteiger partial charge in [0.25, 0.3) is 0 Å². The van der Waals surface area contributed by atoms with Crippen LogP contribution in [0.25, 0.3) is 0 Å². The van der Waals surface area contributed by atoms with Crippen LogP contribution in [0.4, 0.5) is 5.69 Å². The Morgan fingerprint density at radius 1 is 1.35 bits per heavy atom. The van der Waals surface area contributed by atoms with Crippen LogP contribution >= 0.6 is 23.1 Å². The van der Waals surface area contributed by atoms with E-state index >= 15 is 0 Å². The van der Waals surface area contributed by atoms with Crippen molar-refractivity contribution < 1.29 is 9.59 Å². The lowest BCUT2D eigenvalue weighted by atomic mass is 10.2. The van der Waals surface area contributed by atoms with Crippen molar-refractivity contribution in [2.45, 2.75) is 16.5 Å². The van der Waals surface area contributed by atoms with Gasteiger partial charge in [0.15, 0.2) is 4.34 Å². The Morgan fingerprint density at radius 2 is 2.05 bits per heavy atom. The van der Waals surface area contributed by atoms with Gasteiger partial charge in [0, 0.05) is 11.3 Å². The average molecular weight is 308 g/mol. The second kappa shape index (κ2) is 6.49. The molecule has 0 aliphatic rings. The van der Waals surface area contributed by atoms with E-state index in [4.69, 9.17) is 5.73 Å². The van der Waals surface area contributed by atoms with Gasteiger partial charge in [-0.3, -0.25) is 9.59 Å². The highest BCUT2D eigenvalue weighted by Gasteiger charge is 2.16. The Morgan fingerprint density at radius 3 is 2.60 bits per heavy atom. The molecule has 0 unspecified atom stereocenters. The number of rotatable bonds is 5. The fourth-order valence-electron chi connectivity index (χ4n) is 1.38. The number of carbonyl (C=O) groups excluding carboxylic acids is 2. The molecule has 0 saturated heterocycles. The first-order valence-corrected chi connectivity index (χ1v) is 7.46. The lowest BCUT2D eigenvalue weighted by Gasteiger charge is -2.10. The van der Waals surface area contributed by atoms with E-state index < -0.39 is 5.91 Å². The molecular weight excluding hydrogens is 296 g/mol. The van der Waals surface area contributed by atoms with Gasteiger partial charge in [-0.2, -0.15) is 0 Å². The highest BCUT2D eigenvalue weighted by Crippen LogP contribution is 2.25. The van der Waals surface area contributed by atoms with Crippen molar-refractivity contribution >= 4 is 40.6 Å². The summed E-state index contributed by atoms with van der Waals surface area (Å²) in [4.78, 5) is 22.9. The second-order valence-electron chi connectivity index (χ2n) is 3.90. The Balaban J connectivity index is 1.95. The number of hydrogen-bond donors (Lipinski definition) is 2. The minimum Gasteiger partial charge on any atom is -0.366 e. The number of thioether (sulfide) groups is 1. The van der Waals surface area contributed by atoms with Gasteiger partial charge in [-0.15, -0.1) is 10.2 Å². The van der Waals surface area contributed by atoms with Crippen LogP contribution in [-0.2, 0) is 4.79 Å². The number of nitrogens with one attached hydrogen (secondary N) is 1. The minimum atomic E-state index is -0.497. The van der Waals surface area contributed by atoms with Crippen molar-refractivity contribution in [3.8, 4) is 0 Å². The molecule has 2 rings (SSSR count). The zero-order valence-electron chi connectivity index (χ0n) is 10.6. The van der Waals surface area contributed by atoms with E-state index in [2.05, 4.69) is 15.5 Å². The van der Waals surface area contributed by atoms with E-state index in [0.717, 1.165) is 4.34 Å². The minimum absolute atomic E-state index is 0.142. The lowest BCUT2D eigenvalue weighted by molar-refractivity contribution is -0.115. The Kier molecular flexibility index (Phi) is 4.70. The first-order chi connectivity index (χ1) is 9.56. The van der Waals surface area contributed by atoms with E-state index in [9.17, 15) is 9.59 Å². The summed E-state index contributed by atoms with van der Waals surface area (Å²) in [6, 6.07) is 6.42. The molecule has 0 fully saturated rings. The highest BCUT2D eigenvalue weighted by atomic mass is 32.2. The number of benzene rings is 1. The standard InChI is InChI=1S/C12H12N4O2S2/c1-7(20-12-16-14-6-19-12)11(18)15-9-4-2-8(3-5-9)10(13)17/h2-7H,1H3,(H2,13,17)(H,15,18)/t7-/m1/s1. The molecule has 0 bridgehead atoms. The maximum atomic E-state index is 12.0. The van der Waals surface area contributed by atoms with E-state index in [1.165, 1.54) is 23.1 Å². The Hall–Kier alpha value is -1.93. The zero-order valence-corrected chi connectivity index (χ0v) is 12.2. The quantitative estimate of drug-likeness (QED) is 0.820. The first kappa shape index (κ1) is 14.5. The summed E-state index contributed by atoms with van der Waals surface area (Å²) in [5.41, 5.74) is 7.79. The molecule has 2 aromatic rings. The molecule has 8 heteroatoms. The van der Waals surface area contributed by atoms with Crippen molar-refractivity contribution in [1.29, 1.82) is 0 Å². The third kappa shape index (κ3) is 3.78. The summed E-state index contributed by atoms with van der Waals surface area (Å²) in [6.07, 6.45) is 0. The topological polar surface area (TPSA) is 98.0 Å². The van der Waals surface area contributed by atoms with E-state index in [-0.39, 0.29) is 11.2 Å². The fourth-order valence-corrected chi connectivity index (χ4v) is 3.01. The van der Waals surface area contributed by atoms with Crippen molar-refractivity contribution in [3.05, 3.63) is 35.3 Å². The predicted molar refractivity (Wildman–Crippen MR) is 78.8 cm³/mol. The van der Waals surface area contributed by atoms with Gasteiger partial charge >= 0.3 is 0 Å². The van der Waals surface area contributed by atoms with Gasteiger partial charge < -0.3 is 11.1 Å². The molecule has 0 aliphatic carbocycles. The summed E-state index contributed by atoms with van der Waals surface area (Å²) in [7, 11) is 0. The summed E-state index contributed by atoms with van der Waals surface area (Å²) >= 11 is 2.73. The SMILES string of the molecule is C[C@@H](Sc1nncs1)C(=O)Nc1ccc(C(N)=O)cc1. The molecule has 1 heterocycles. The van der Waals surface area contributed by atoms with E-state index in [1.54, 1.807) is 36.7 Å². The number of aromatic nitrogens is 2. The van der Waals surface area contributed by atoms with Crippen LogP contribution in [0.5, 0.6) is 0 Å². The van der Waals surface area contributed by atoms with Crippen LogP contribution in [0.15, 0.2) is 34.1 Å². The molecule has 1 atom stereocenters. The monoisotopic (exact) mass is 308 g/mol. The molecular formula is C12H12N4O2S2. The van der Waals surface area contributed by atoms with Crippen LogP contribution in [0.1, 0.15) is 17.3 Å². The van der Waals surface area contributed by atoms with Crippen LogP contribution in [0.3, 0.4) is 0 Å². The third-order valence-electron chi connectivity index (χ3n) is 2.42. The number of hydrogen-bond acceptors (Lipinski definition) is 6. The molecule has 0 aliphatic heterocycles. The number of amides is 2. The number of anilines is 1. The number of carbonyl (C=O) groups is 2. The first-order valence-electron chi connectivity index (χ1n) is 5.70.